The summed E-state index contributed by atoms with van der Waals surface area (Å²) in [6.45, 7) is -0.536. The molecule has 0 bridgehead atoms. The quantitative estimate of drug-likeness (QED) is 0.609. The first-order valence-electron chi connectivity index (χ1n) is 10.2. The number of hydrogen-bond acceptors (Lipinski definition) is 2. The Labute approximate surface area is 176 Å². The predicted molar refractivity (Wildman–Crippen MR) is 119 cm³/mol. The number of H-pyrrole nitrogens is 2. The van der Waals surface area contributed by atoms with E-state index in [2.05, 4.69) is 34.2 Å². The van der Waals surface area contributed by atoms with Crippen LogP contribution in [0.2, 0.25) is 0 Å². The average Bonchev–Trinajstić information content (AvgIpc) is 2.76. The van der Waals surface area contributed by atoms with Crippen LogP contribution in [0.1, 0.15) is 72.9 Å². The summed E-state index contributed by atoms with van der Waals surface area (Å²) in [6, 6.07) is 17.7. The fourth-order valence-corrected chi connectivity index (χ4v) is 4.52. The second-order valence-corrected chi connectivity index (χ2v) is 7.89. The lowest BCUT2D eigenvalue weighted by Gasteiger charge is -2.29. The van der Waals surface area contributed by atoms with Gasteiger partial charge in [0.25, 0.3) is 5.56 Å². The Bertz CT molecular complexity index is 1080. The molecule has 1 fully saturated rings. The third kappa shape index (κ3) is 4.78. The highest BCUT2D eigenvalue weighted by atomic mass is 19.1. The third-order valence-electron chi connectivity index (χ3n) is 6.01. The molecule has 1 heterocycles. The van der Waals surface area contributed by atoms with E-state index in [1.54, 1.807) is 18.2 Å². The lowest BCUT2D eigenvalue weighted by atomic mass is 9.76. The number of nitrogens with one attached hydrogen (secondary N) is 2. The van der Waals surface area contributed by atoms with Gasteiger partial charge in [-0.25, -0.2) is 9.18 Å². The Morgan fingerprint density at radius 2 is 1.50 bits per heavy atom. The van der Waals surface area contributed by atoms with Gasteiger partial charge in [0.05, 0.1) is 0 Å². The van der Waals surface area contributed by atoms with Crippen LogP contribution in [0.15, 0.2) is 64.2 Å². The smallest absolute Gasteiger partial charge is 0.311 e. The minimum absolute atomic E-state index is 0. The highest BCUT2D eigenvalue weighted by Crippen LogP contribution is 2.40. The molecule has 4 rings (SSSR count). The van der Waals surface area contributed by atoms with E-state index in [4.69, 9.17) is 0 Å². The Kier molecular flexibility index (Phi) is 7.03. The van der Waals surface area contributed by atoms with Gasteiger partial charge in [-0.2, -0.15) is 0 Å². The molecule has 158 valence electrons. The molecule has 1 saturated carbocycles. The number of benzene rings is 2. The van der Waals surface area contributed by atoms with Gasteiger partial charge < -0.3 is 4.98 Å². The fourth-order valence-electron chi connectivity index (χ4n) is 4.52. The van der Waals surface area contributed by atoms with E-state index in [0.717, 1.165) is 36.9 Å². The highest BCUT2D eigenvalue weighted by Gasteiger charge is 2.26. The molecule has 4 nitrogen and oxygen atoms in total. The summed E-state index contributed by atoms with van der Waals surface area (Å²) < 4.78 is 13.0. The zero-order valence-corrected chi connectivity index (χ0v) is 16.3. The first-order valence-corrected chi connectivity index (χ1v) is 10.2. The minimum Gasteiger partial charge on any atom is -0.311 e. The summed E-state index contributed by atoms with van der Waals surface area (Å²) in [6.07, 6.45) is 4.29. The monoisotopic (exact) mass is 408 g/mol. The minimum atomic E-state index is -0.536. The molecule has 0 spiro atoms. The summed E-state index contributed by atoms with van der Waals surface area (Å²) in [4.78, 5) is 29.8. The van der Waals surface area contributed by atoms with Crippen LogP contribution in [0.5, 0.6) is 0 Å². The van der Waals surface area contributed by atoms with E-state index in [9.17, 15) is 14.0 Å². The summed E-state index contributed by atoms with van der Waals surface area (Å²) in [5.74, 6) is 0.676. The molecule has 0 unspecified atom stereocenters. The summed E-state index contributed by atoms with van der Waals surface area (Å²) in [5.41, 5.74) is 3.34. The van der Waals surface area contributed by atoms with Crippen LogP contribution in [0.25, 0.3) is 0 Å². The lowest BCUT2D eigenvalue weighted by Crippen LogP contribution is -2.30. The molecule has 3 aromatic rings. The van der Waals surface area contributed by atoms with Crippen LogP contribution in [-0.4, -0.2) is 9.97 Å². The van der Waals surface area contributed by atoms with Gasteiger partial charge in [-0.1, -0.05) is 62.0 Å². The van der Waals surface area contributed by atoms with Gasteiger partial charge in [0.1, 0.15) is 6.67 Å². The molecule has 2 N–H and O–H groups in total. The van der Waals surface area contributed by atoms with Crippen molar-refractivity contribution < 1.29 is 4.39 Å². The van der Waals surface area contributed by atoms with Gasteiger partial charge in [0.15, 0.2) is 0 Å². The van der Waals surface area contributed by atoms with Crippen molar-refractivity contribution in [3.8, 4) is 0 Å². The van der Waals surface area contributed by atoms with Gasteiger partial charge in [0.2, 0.25) is 0 Å². The van der Waals surface area contributed by atoms with Crippen LogP contribution in [-0.2, 0) is 13.1 Å². The summed E-state index contributed by atoms with van der Waals surface area (Å²) in [7, 11) is 0. The zero-order valence-electron chi connectivity index (χ0n) is 16.3. The van der Waals surface area contributed by atoms with Crippen LogP contribution in [0, 0.1) is 0 Å². The SMILES string of the molecule is C.O=c1[nH]c(C2CCC(c3ccccc3)CC2)c(Cc2cccc(CF)c2)c(=O)[nH]1. The van der Waals surface area contributed by atoms with Crippen molar-refractivity contribution >= 4 is 0 Å². The van der Waals surface area contributed by atoms with Crippen molar-refractivity contribution in [2.45, 2.75) is 58.0 Å². The Morgan fingerprint density at radius 3 is 2.20 bits per heavy atom. The molecule has 0 amide bonds. The van der Waals surface area contributed by atoms with Gasteiger partial charge in [0, 0.05) is 17.7 Å². The zero-order chi connectivity index (χ0) is 20.2. The van der Waals surface area contributed by atoms with Gasteiger partial charge in [-0.3, -0.25) is 9.78 Å². The summed E-state index contributed by atoms with van der Waals surface area (Å²) in [5, 5.41) is 0. The van der Waals surface area contributed by atoms with E-state index in [-0.39, 0.29) is 18.9 Å². The van der Waals surface area contributed by atoms with Crippen LogP contribution in [0.4, 0.5) is 4.39 Å². The summed E-state index contributed by atoms with van der Waals surface area (Å²) >= 11 is 0. The van der Waals surface area contributed by atoms with Crippen molar-refractivity contribution in [2.24, 2.45) is 0 Å². The molecule has 30 heavy (non-hydrogen) atoms. The van der Waals surface area contributed by atoms with E-state index >= 15 is 0 Å². The van der Waals surface area contributed by atoms with Crippen molar-refractivity contribution in [3.63, 3.8) is 0 Å². The molecule has 1 aromatic heterocycles. The highest BCUT2D eigenvalue weighted by molar-refractivity contribution is 5.32. The second kappa shape index (κ2) is 9.70. The van der Waals surface area contributed by atoms with Crippen LogP contribution < -0.4 is 11.2 Å². The second-order valence-electron chi connectivity index (χ2n) is 7.89. The van der Waals surface area contributed by atoms with Crippen LogP contribution >= 0.6 is 0 Å². The molecule has 1 aliphatic carbocycles. The largest absolute Gasteiger partial charge is 0.325 e. The van der Waals surface area contributed by atoms with Crippen molar-refractivity contribution in [3.05, 3.63) is 103 Å². The van der Waals surface area contributed by atoms with Gasteiger partial charge in [-0.15, -0.1) is 0 Å². The van der Waals surface area contributed by atoms with Gasteiger partial charge in [-0.05, 0) is 54.2 Å². The maximum Gasteiger partial charge on any atom is 0.325 e. The fraction of sp³-hybridized carbons (Fsp3) is 0.360. The van der Waals surface area contributed by atoms with Crippen LogP contribution in [0.3, 0.4) is 0 Å². The molecular weight excluding hydrogens is 379 g/mol. The predicted octanol–water partition coefficient (Wildman–Crippen LogP) is 5.20. The lowest BCUT2D eigenvalue weighted by molar-refractivity contribution is 0.388. The molecule has 2 aromatic carbocycles. The van der Waals surface area contributed by atoms with Crippen molar-refractivity contribution in [1.29, 1.82) is 0 Å². The van der Waals surface area contributed by atoms with Crippen molar-refractivity contribution in [2.75, 3.05) is 0 Å². The number of alkyl halides is 1. The molecule has 0 atom stereocenters. The molecule has 1 aliphatic rings. The number of halogens is 1. The third-order valence-corrected chi connectivity index (χ3v) is 6.01. The number of hydrogen-bond donors (Lipinski definition) is 2. The van der Waals surface area contributed by atoms with E-state index < -0.39 is 12.4 Å². The Morgan fingerprint density at radius 1 is 0.833 bits per heavy atom. The normalized spacial score (nSPS) is 18.6. The average molecular weight is 409 g/mol. The van der Waals surface area contributed by atoms with Gasteiger partial charge >= 0.3 is 5.69 Å². The molecule has 5 heteroatoms. The molecule has 0 saturated heterocycles. The number of rotatable bonds is 5. The standard InChI is InChI=1S/C24H25FN2O2.CH4/c25-15-17-6-4-5-16(13-17)14-21-22(26-24(29)27-23(21)28)20-11-9-19(10-12-20)18-7-2-1-3-8-18;/h1-8,13,19-20H,9-12,14-15H2,(H2,26,27,28,29);1H4. The molecule has 0 radical (unpaired) electrons. The van der Waals surface area contributed by atoms with Crippen molar-refractivity contribution in [1.82, 2.24) is 9.97 Å². The maximum absolute atomic E-state index is 13.0. The molecule has 0 aliphatic heterocycles. The first kappa shape index (κ1) is 21.8. The number of aromatic amines is 2. The first-order chi connectivity index (χ1) is 14.1. The Hall–Kier alpha value is -2.95. The maximum atomic E-state index is 13.0. The number of aromatic nitrogens is 2. The molecular formula is C25H29FN2O2. The Balaban J connectivity index is 0.00000256. The van der Waals surface area contributed by atoms with E-state index in [1.165, 1.54) is 5.56 Å². The van der Waals surface area contributed by atoms with E-state index in [1.807, 2.05) is 12.1 Å². The van der Waals surface area contributed by atoms with E-state index in [0.29, 0.717) is 23.5 Å². The topological polar surface area (TPSA) is 65.7 Å².